The number of hydrogen-bond acceptors (Lipinski definition) is 4. The van der Waals surface area contributed by atoms with E-state index in [9.17, 15) is 0 Å². The van der Waals surface area contributed by atoms with Crippen molar-refractivity contribution in [1.29, 1.82) is 0 Å². The lowest BCUT2D eigenvalue weighted by Crippen LogP contribution is -2.18. The maximum absolute atomic E-state index is 5.07. The zero-order valence-electron chi connectivity index (χ0n) is 11.1. The Labute approximate surface area is 108 Å². The van der Waals surface area contributed by atoms with Gasteiger partial charge in [-0.2, -0.15) is 0 Å². The maximum Gasteiger partial charge on any atom is 0.128 e. The molecule has 1 N–H and O–H groups in total. The molecule has 2 aromatic heterocycles. The van der Waals surface area contributed by atoms with Crippen LogP contribution in [0.3, 0.4) is 0 Å². The molecular formula is C14H19N3O. The predicted octanol–water partition coefficient (Wildman–Crippen LogP) is 2.59. The monoisotopic (exact) mass is 245 g/mol. The van der Waals surface area contributed by atoms with Crippen molar-refractivity contribution in [2.75, 3.05) is 19.0 Å². The second-order valence-corrected chi connectivity index (χ2v) is 4.45. The molecule has 0 amide bonds. The van der Waals surface area contributed by atoms with Crippen LogP contribution in [0.2, 0.25) is 0 Å². The van der Waals surface area contributed by atoms with Gasteiger partial charge in [-0.25, -0.2) is 4.98 Å². The highest BCUT2D eigenvalue weighted by Gasteiger charge is 2.08. The summed E-state index contributed by atoms with van der Waals surface area (Å²) >= 11 is 0. The molecule has 1 unspecified atom stereocenters. The van der Waals surface area contributed by atoms with Crippen LogP contribution >= 0.6 is 0 Å². The number of anilines is 1. The predicted molar refractivity (Wildman–Crippen MR) is 72.5 cm³/mol. The van der Waals surface area contributed by atoms with E-state index in [0.717, 1.165) is 17.9 Å². The van der Waals surface area contributed by atoms with Crippen LogP contribution in [0.25, 0.3) is 0 Å². The topological polar surface area (TPSA) is 41.3 Å². The van der Waals surface area contributed by atoms with Gasteiger partial charge in [-0.15, -0.1) is 0 Å². The van der Waals surface area contributed by atoms with E-state index in [1.54, 1.807) is 12.5 Å². The molecule has 2 aromatic rings. The minimum Gasteiger partial charge on any atom is -0.472 e. The van der Waals surface area contributed by atoms with Gasteiger partial charge in [-0.3, -0.25) is 0 Å². The Bertz CT molecular complexity index is 482. The van der Waals surface area contributed by atoms with Gasteiger partial charge in [-0.05, 0) is 37.7 Å². The summed E-state index contributed by atoms with van der Waals surface area (Å²) in [7, 11) is 3.99. The normalized spacial score (nSPS) is 12.4. The quantitative estimate of drug-likeness (QED) is 0.879. The lowest BCUT2D eigenvalue weighted by Gasteiger charge is -2.19. The van der Waals surface area contributed by atoms with Crippen LogP contribution in [0.1, 0.15) is 24.1 Å². The van der Waals surface area contributed by atoms with Crippen molar-refractivity contribution in [2.24, 2.45) is 0 Å². The van der Waals surface area contributed by atoms with E-state index < -0.39 is 0 Å². The molecule has 0 aliphatic carbocycles. The fourth-order valence-electron chi connectivity index (χ4n) is 1.82. The lowest BCUT2D eigenvalue weighted by atomic mass is 10.1. The van der Waals surface area contributed by atoms with Gasteiger partial charge in [0.05, 0.1) is 12.5 Å². The number of nitrogens with zero attached hydrogens (tertiary/aromatic N) is 2. The molecule has 18 heavy (non-hydrogen) atoms. The Hall–Kier alpha value is -1.81. The Morgan fingerprint density at radius 1 is 1.44 bits per heavy atom. The maximum atomic E-state index is 5.07. The molecule has 0 aromatic carbocycles. The zero-order valence-corrected chi connectivity index (χ0v) is 11.1. The van der Waals surface area contributed by atoms with E-state index >= 15 is 0 Å². The summed E-state index contributed by atoms with van der Waals surface area (Å²) in [4.78, 5) is 6.51. The first-order valence-electron chi connectivity index (χ1n) is 6.06. The third-order valence-corrected chi connectivity index (χ3v) is 3.09. The van der Waals surface area contributed by atoms with E-state index in [1.807, 2.05) is 32.4 Å². The Morgan fingerprint density at radius 2 is 2.28 bits per heavy atom. The number of pyridine rings is 1. The average Bonchev–Trinajstić information content (AvgIpc) is 2.90. The molecule has 0 fully saturated rings. The van der Waals surface area contributed by atoms with Crippen LogP contribution < -0.4 is 10.2 Å². The summed E-state index contributed by atoms with van der Waals surface area (Å²) in [6, 6.07) is 6.45. The highest BCUT2D eigenvalue weighted by atomic mass is 16.3. The van der Waals surface area contributed by atoms with Crippen LogP contribution in [-0.2, 0) is 6.54 Å². The van der Waals surface area contributed by atoms with Crippen molar-refractivity contribution in [2.45, 2.75) is 19.5 Å². The third-order valence-electron chi connectivity index (χ3n) is 3.09. The summed E-state index contributed by atoms with van der Waals surface area (Å²) in [6.45, 7) is 2.93. The number of nitrogens with one attached hydrogen (secondary N) is 1. The standard InChI is InChI=1S/C14H19N3O/c1-11(15-2)13-4-6-16-14(8-13)17(3)9-12-5-7-18-10-12/h4-8,10-11,15H,9H2,1-3H3. The van der Waals surface area contributed by atoms with Crippen molar-refractivity contribution in [3.63, 3.8) is 0 Å². The Morgan fingerprint density at radius 3 is 2.94 bits per heavy atom. The van der Waals surface area contributed by atoms with Gasteiger partial charge >= 0.3 is 0 Å². The second kappa shape index (κ2) is 5.69. The molecule has 4 nitrogen and oxygen atoms in total. The fraction of sp³-hybridized carbons (Fsp3) is 0.357. The highest BCUT2D eigenvalue weighted by molar-refractivity contribution is 5.41. The molecule has 4 heteroatoms. The number of aromatic nitrogens is 1. The van der Waals surface area contributed by atoms with Crippen molar-refractivity contribution >= 4 is 5.82 Å². The molecule has 0 aliphatic rings. The van der Waals surface area contributed by atoms with E-state index in [4.69, 9.17) is 4.42 Å². The summed E-state index contributed by atoms with van der Waals surface area (Å²) in [5.41, 5.74) is 2.38. The van der Waals surface area contributed by atoms with Crippen molar-refractivity contribution in [3.05, 3.63) is 48.0 Å². The van der Waals surface area contributed by atoms with Crippen molar-refractivity contribution < 1.29 is 4.42 Å². The van der Waals surface area contributed by atoms with Gasteiger partial charge < -0.3 is 14.6 Å². The number of furan rings is 1. The molecule has 0 saturated heterocycles. The number of hydrogen-bond donors (Lipinski definition) is 1. The van der Waals surface area contributed by atoms with Gasteiger partial charge in [0.15, 0.2) is 0 Å². The molecule has 0 radical (unpaired) electrons. The van der Waals surface area contributed by atoms with E-state index in [-0.39, 0.29) is 0 Å². The minimum atomic E-state index is 0.328. The molecule has 2 heterocycles. The summed E-state index contributed by atoms with van der Waals surface area (Å²) in [5.74, 6) is 0.968. The minimum absolute atomic E-state index is 0.328. The highest BCUT2D eigenvalue weighted by Crippen LogP contribution is 2.18. The van der Waals surface area contributed by atoms with E-state index in [1.165, 1.54) is 5.56 Å². The van der Waals surface area contributed by atoms with Gasteiger partial charge in [0.2, 0.25) is 0 Å². The summed E-state index contributed by atoms with van der Waals surface area (Å²) in [5, 5.41) is 3.23. The van der Waals surface area contributed by atoms with Gasteiger partial charge in [0.1, 0.15) is 5.82 Å². The molecule has 0 spiro atoms. The molecule has 2 rings (SSSR count). The van der Waals surface area contributed by atoms with Gasteiger partial charge in [0, 0.05) is 31.4 Å². The first-order valence-corrected chi connectivity index (χ1v) is 6.06. The first-order chi connectivity index (χ1) is 8.70. The smallest absolute Gasteiger partial charge is 0.128 e. The molecule has 0 bridgehead atoms. The van der Waals surface area contributed by atoms with Crippen molar-refractivity contribution in [3.8, 4) is 0 Å². The largest absolute Gasteiger partial charge is 0.472 e. The SMILES string of the molecule is CNC(C)c1ccnc(N(C)Cc2ccoc2)c1. The Kier molecular flexibility index (Phi) is 3.99. The first kappa shape index (κ1) is 12.6. The molecule has 0 aliphatic heterocycles. The zero-order chi connectivity index (χ0) is 13.0. The second-order valence-electron chi connectivity index (χ2n) is 4.45. The van der Waals surface area contributed by atoms with Crippen LogP contribution in [0.5, 0.6) is 0 Å². The lowest BCUT2D eigenvalue weighted by molar-refractivity contribution is 0.563. The van der Waals surface area contributed by atoms with Crippen LogP contribution in [0.15, 0.2) is 41.3 Å². The molecule has 1 atom stereocenters. The van der Waals surface area contributed by atoms with E-state index in [0.29, 0.717) is 6.04 Å². The van der Waals surface area contributed by atoms with Crippen LogP contribution in [-0.4, -0.2) is 19.1 Å². The third kappa shape index (κ3) is 2.90. The average molecular weight is 245 g/mol. The van der Waals surface area contributed by atoms with Gasteiger partial charge in [0.25, 0.3) is 0 Å². The van der Waals surface area contributed by atoms with E-state index in [2.05, 4.69) is 28.2 Å². The molecule has 96 valence electrons. The molecule has 0 saturated carbocycles. The molecular weight excluding hydrogens is 226 g/mol. The van der Waals surface area contributed by atoms with Crippen LogP contribution in [0, 0.1) is 0 Å². The van der Waals surface area contributed by atoms with Gasteiger partial charge in [-0.1, -0.05) is 0 Å². The van der Waals surface area contributed by atoms with Crippen molar-refractivity contribution in [1.82, 2.24) is 10.3 Å². The number of rotatable bonds is 5. The Balaban J connectivity index is 2.12. The fourth-order valence-corrected chi connectivity index (χ4v) is 1.82. The summed E-state index contributed by atoms with van der Waals surface area (Å²) < 4.78 is 5.07. The summed E-state index contributed by atoms with van der Waals surface area (Å²) in [6.07, 6.45) is 5.30. The van der Waals surface area contributed by atoms with Crippen LogP contribution in [0.4, 0.5) is 5.82 Å².